The number of carbonyl (C=O) groups is 1. The molecule has 1 heterocycles. The smallest absolute Gasteiger partial charge is 0.317 e. The number of nitrogens with zero attached hydrogens (tertiary/aromatic N) is 2. The minimum Gasteiger partial charge on any atom is -0.338 e. The maximum atomic E-state index is 13.2. The Labute approximate surface area is 154 Å². The van der Waals surface area contributed by atoms with Gasteiger partial charge in [0, 0.05) is 39.3 Å². The SMILES string of the molecule is O=C(NCCc1cccc(F)c1)N1CCN(CCc2ccccc2)CC1. The topological polar surface area (TPSA) is 35.6 Å². The van der Waals surface area contributed by atoms with Crippen LogP contribution in [0.25, 0.3) is 0 Å². The van der Waals surface area contributed by atoms with Crippen LogP contribution in [-0.2, 0) is 12.8 Å². The maximum Gasteiger partial charge on any atom is 0.317 e. The highest BCUT2D eigenvalue weighted by molar-refractivity contribution is 5.74. The molecule has 1 saturated heterocycles. The Morgan fingerprint density at radius 3 is 2.38 bits per heavy atom. The molecule has 0 saturated carbocycles. The lowest BCUT2D eigenvalue weighted by atomic mass is 10.1. The second-order valence-electron chi connectivity index (χ2n) is 6.68. The number of benzene rings is 2. The van der Waals surface area contributed by atoms with Crippen molar-refractivity contribution in [2.24, 2.45) is 0 Å². The van der Waals surface area contributed by atoms with Crippen LogP contribution in [0.5, 0.6) is 0 Å². The predicted molar refractivity (Wildman–Crippen MR) is 102 cm³/mol. The Hall–Kier alpha value is -2.40. The van der Waals surface area contributed by atoms with E-state index in [1.165, 1.54) is 17.7 Å². The third kappa shape index (κ3) is 5.56. The fourth-order valence-corrected chi connectivity index (χ4v) is 3.22. The highest BCUT2D eigenvalue weighted by Crippen LogP contribution is 2.06. The zero-order chi connectivity index (χ0) is 18.2. The van der Waals surface area contributed by atoms with Crippen LogP contribution in [0.4, 0.5) is 9.18 Å². The highest BCUT2D eigenvalue weighted by atomic mass is 19.1. The number of urea groups is 1. The zero-order valence-electron chi connectivity index (χ0n) is 15.0. The van der Waals surface area contributed by atoms with E-state index in [-0.39, 0.29) is 11.8 Å². The molecule has 1 N–H and O–H groups in total. The van der Waals surface area contributed by atoms with Gasteiger partial charge in [0.05, 0.1) is 0 Å². The van der Waals surface area contributed by atoms with Crippen molar-refractivity contribution in [1.29, 1.82) is 0 Å². The van der Waals surface area contributed by atoms with E-state index in [0.717, 1.165) is 44.7 Å². The molecule has 2 aromatic carbocycles. The molecule has 0 aromatic heterocycles. The van der Waals surface area contributed by atoms with Gasteiger partial charge in [0.1, 0.15) is 5.82 Å². The molecular formula is C21H26FN3O. The van der Waals surface area contributed by atoms with Gasteiger partial charge < -0.3 is 10.2 Å². The third-order valence-electron chi connectivity index (χ3n) is 4.80. The number of hydrogen-bond donors (Lipinski definition) is 1. The summed E-state index contributed by atoms with van der Waals surface area (Å²) in [5, 5.41) is 2.94. The van der Waals surface area contributed by atoms with Crippen molar-refractivity contribution >= 4 is 6.03 Å². The lowest BCUT2D eigenvalue weighted by Gasteiger charge is -2.34. The molecule has 1 fully saturated rings. The zero-order valence-corrected chi connectivity index (χ0v) is 15.0. The fourth-order valence-electron chi connectivity index (χ4n) is 3.22. The number of nitrogens with one attached hydrogen (secondary N) is 1. The molecular weight excluding hydrogens is 329 g/mol. The van der Waals surface area contributed by atoms with Gasteiger partial charge in [-0.05, 0) is 36.1 Å². The van der Waals surface area contributed by atoms with E-state index < -0.39 is 0 Å². The van der Waals surface area contributed by atoms with Crippen LogP contribution in [0, 0.1) is 5.82 Å². The van der Waals surface area contributed by atoms with Crippen molar-refractivity contribution in [3.8, 4) is 0 Å². The molecule has 0 spiro atoms. The van der Waals surface area contributed by atoms with Gasteiger partial charge in [-0.2, -0.15) is 0 Å². The molecule has 0 atom stereocenters. The summed E-state index contributed by atoms with van der Waals surface area (Å²) in [6.07, 6.45) is 1.68. The van der Waals surface area contributed by atoms with Crippen LogP contribution in [0.1, 0.15) is 11.1 Å². The lowest BCUT2D eigenvalue weighted by molar-refractivity contribution is 0.140. The summed E-state index contributed by atoms with van der Waals surface area (Å²) in [7, 11) is 0. The molecule has 4 nitrogen and oxygen atoms in total. The molecule has 2 aromatic rings. The van der Waals surface area contributed by atoms with Crippen molar-refractivity contribution in [2.75, 3.05) is 39.3 Å². The van der Waals surface area contributed by atoms with Gasteiger partial charge in [-0.15, -0.1) is 0 Å². The largest absolute Gasteiger partial charge is 0.338 e. The Morgan fingerprint density at radius 1 is 0.923 bits per heavy atom. The van der Waals surface area contributed by atoms with Crippen LogP contribution in [0.3, 0.4) is 0 Å². The van der Waals surface area contributed by atoms with Gasteiger partial charge in [-0.3, -0.25) is 4.90 Å². The van der Waals surface area contributed by atoms with E-state index in [2.05, 4.69) is 34.5 Å². The van der Waals surface area contributed by atoms with Crippen molar-refractivity contribution in [1.82, 2.24) is 15.1 Å². The molecule has 0 radical (unpaired) electrons. The molecule has 138 valence electrons. The molecule has 0 bridgehead atoms. The van der Waals surface area contributed by atoms with Crippen molar-refractivity contribution < 1.29 is 9.18 Å². The number of rotatable bonds is 6. The minimum atomic E-state index is -0.236. The number of halogens is 1. The van der Waals surface area contributed by atoms with Gasteiger partial charge in [-0.25, -0.2) is 9.18 Å². The minimum absolute atomic E-state index is 0.0240. The number of carbonyl (C=O) groups excluding carboxylic acids is 1. The summed E-state index contributed by atoms with van der Waals surface area (Å²) >= 11 is 0. The summed E-state index contributed by atoms with van der Waals surface area (Å²) in [5.74, 6) is -0.236. The van der Waals surface area contributed by atoms with E-state index in [4.69, 9.17) is 0 Å². The number of hydrogen-bond acceptors (Lipinski definition) is 2. The molecule has 1 aliphatic heterocycles. The first-order chi connectivity index (χ1) is 12.7. The van der Waals surface area contributed by atoms with E-state index in [0.29, 0.717) is 13.0 Å². The maximum absolute atomic E-state index is 13.2. The normalized spacial score (nSPS) is 15.0. The Kier molecular flexibility index (Phi) is 6.61. The number of amides is 2. The van der Waals surface area contributed by atoms with E-state index in [9.17, 15) is 9.18 Å². The second kappa shape index (κ2) is 9.34. The molecule has 26 heavy (non-hydrogen) atoms. The molecule has 0 unspecified atom stereocenters. The van der Waals surface area contributed by atoms with Crippen LogP contribution >= 0.6 is 0 Å². The first-order valence-corrected chi connectivity index (χ1v) is 9.24. The van der Waals surface area contributed by atoms with Crippen LogP contribution in [-0.4, -0.2) is 55.1 Å². The quantitative estimate of drug-likeness (QED) is 0.865. The van der Waals surface area contributed by atoms with Gasteiger partial charge in [-0.1, -0.05) is 42.5 Å². The summed E-state index contributed by atoms with van der Waals surface area (Å²) in [6, 6.07) is 17.0. The fraction of sp³-hybridized carbons (Fsp3) is 0.381. The van der Waals surface area contributed by atoms with Gasteiger partial charge in [0.2, 0.25) is 0 Å². The Morgan fingerprint density at radius 2 is 1.65 bits per heavy atom. The van der Waals surface area contributed by atoms with E-state index in [1.54, 1.807) is 6.07 Å². The monoisotopic (exact) mass is 355 g/mol. The second-order valence-corrected chi connectivity index (χ2v) is 6.68. The molecule has 1 aliphatic rings. The summed E-state index contributed by atoms with van der Waals surface area (Å²) in [5.41, 5.74) is 2.25. The van der Waals surface area contributed by atoms with Crippen molar-refractivity contribution in [3.63, 3.8) is 0 Å². The summed E-state index contributed by atoms with van der Waals surface area (Å²) < 4.78 is 13.2. The van der Waals surface area contributed by atoms with Crippen LogP contribution in [0.2, 0.25) is 0 Å². The summed E-state index contributed by atoms with van der Waals surface area (Å²) in [4.78, 5) is 16.5. The van der Waals surface area contributed by atoms with Crippen LogP contribution < -0.4 is 5.32 Å². The third-order valence-corrected chi connectivity index (χ3v) is 4.80. The number of piperazine rings is 1. The molecule has 2 amide bonds. The Bertz CT molecular complexity index is 699. The molecule has 5 heteroatoms. The summed E-state index contributed by atoms with van der Waals surface area (Å²) in [6.45, 7) is 4.87. The van der Waals surface area contributed by atoms with E-state index >= 15 is 0 Å². The van der Waals surface area contributed by atoms with Crippen molar-refractivity contribution in [2.45, 2.75) is 12.8 Å². The van der Waals surface area contributed by atoms with Crippen LogP contribution in [0.15, 0.2) is 54.6 Å². The average molecular weight is 355 g/mol. The van der Waals surface area contributed by atoms with Gasteiger partial charge >= 0.3 is 6.03 Å². The highest BCUT2D eigenvalue weighted by Gasteiger charge is 2.20. The first kappa shape index (κ1) is 18.4. The van der Waals surface area contributed by atoms with Gasteiger partial charge in [0.25, 0.3) is 0 Å². The van der Waals surface area contributed by atoms with E-state index in [1.807, 2.05) is 17.0 Å². The molecule has 0 aliphatic carbocycles. The van der Waals surface area contributed by atoms with Crippen molar-refractivity contribution in [3.05, 3.63) is 71.5 Å². The Balaban J connectivity index is 1.34. The standard InChI is InChI=1S/C21H26FN3O/c22-20-8-4-7-19(17-20)9-11-23-21(26)25-15-13-24(14-16-25)12-10-18-5-2-1-3-6-18/h1-8,17H,9-16H2,(H,23,26). The predicted octanol–water partition coefficient (Wildman–Crippen LogP) is 2.94. The average Bonchev–Trinajstić information content (AvgIpc) is 2.67. The van der Waals surface area contributed by atoms with Gasteiger partial charge in [0.15, 0.2) is 0 Å². The lowest BCUT2D eigenvalue weighted by Crippen LogP contribution is -2.52. The molecule has 3 rings (SSSR count). The first-order valence-electron chi connectivity index (χ1n) is 9.24.